The summed E-state index contributed by atoms with van der Waals surface area (Å²) >= 11 is 0. The third kappa shape index (κ3) is 8.43. The summed E-state index contributed by atoms with van der Waals surface area (Å²) < 4.78 is 29.7. The van der Waals surface area contributed by atoms with Gasteiger partial charge in [0.15, 0.2) is 0 Å². The van der Waals surface area contributed by atoms with Crippen molar-refractivity contribution in [1.82, 2.24) is 4.72 Å². The van der Waals surface area contributed by atoms with E-state index in [4.69, 9.17) is 10.8 Å². The van der Waals surface area contributed by atoms with E-state index < -0.39 is 39.7 Å². The van der Waals surface area contributed by atoms with E-state index in [1.807, 2.05) is 4.72 Å². The number of amides is 1. The van der Waals surface area contributed by atoms with E-state index in [1.165, 1.54) is 0 Å². The average Bonchev–Trinajstić information content (AvgIpc) is 2.32. The van der Waals surface area contributed by atoms with Crippen LogP contribution in [-0.2, 0) is 29.1 Å². The van der Waals surface area contributed by atoms with Crippen molar-refractivity contribution < 1.29 is 32.6 Å². The zero-order valence-electron chi connectivity index (χ0n) is 11.0. The Morgan fingerprint density at radius 2 is 1.90 bits per heavy atom. The second kappa shape index (κ2) is 8.48. The number of hydrogen-bond donors (Lipinski definition) is 3. The van der Waals surface area contributed by atoms with Crippen LogP contribution in [0, 0.1) is 0 Å². The number of esters is 1. The van der Waals surface area contributed by atoms with Gasteiger partial charge in [-0.05, 0) is 13.3 Å². The van der Waals surface area contributed by atoms with Crippen LogP contribution in [0.25, 0.3) is 0 Å². The monoisotopic (exact) mass is 310 g/mol. The van der Waals surface area contributed by atoms with Gasteiger partial charge in [0.2, 0.25) is 15.9 Å². The molecule has 0 unspecified atom stereocenters. The fraction of sp³-hybridized carbons (Fsp3) is 0.700. The molecule has 0 spiro atoms. The van der Waals surface area contributed by atoms with Crippen molar-refractivity contribution in [2.24, 2.45) is 5.73 Å². The Kier molecular flexibility index (Phi) is 7.77. The summed E-state index contributed by atoms with van der Waals surface area (Å²) in [4.78, 5) is 32.5. The van der Waals surface area contributed by atoms with E-state index in [2.05, 4.69) is 4.74 Å². The summed E-state index contributed by atoms with van der Waals surface area (Å²) in [6.45, 7) is 1.71. The lowest BCUT2D eigenvalue weighted by Gasteiger charge is -2.13. The predicted octanol–water partition coefficient (Wildman–Crippen LogP) is -1.42. The highest BCUT2D eigenvalue weighted by atomic mass is 32.2. The zero-order chi connectivity index (χ0) is 15.8. The number of nitrogens with one attached hydrogen (secondary N) is 1. The Morgan fingerprint density at radius 1 is 1.30 bits per heavy atom. The van der Waals surface area contributed by atoms with Crippen LogP contribution in [0.4, 0.5) is 0 Å². The number of nitrogens with two attached hydrogens (primary N) is 1. The molecule has 0 aromatic heterocycles. The molecule has 0 saturated carbocycles. The van der Waals surface area contributed by atoms with E-state index in [0.717, 1.165) is 0 Å². The molecule has 10 heteroatoms. The minimum absolute atomic E-state index is 0.128. The number of ether oxygens (including phenoxy) is 1. The first-order valence-corrected chi connectivity index (χ1v) is 7.50. The van der Waals surface area contributed by atoms with Crippen molar-refractivity contribution in [3.63, 3.8) is 0 Å². The van der Waals surface area contributed by atoms with E-state index >= 15 is 0 Å². The summed E-state index contributed by atoms with van der Waals surface area (Å²) in [5, 5.41) is 8.84. The quantitative estimate of drug-likeness (QED) is 0.418. The van der Waals surface area contributed by atoms with E-state index in [0.29, 0.717) is 0 Å². The molecule has 0 aromatic rings. The molecule has 0 heterocycles. The first-order chi connectivity index (χ1) is 9.18. The first-order valence-electron chi connectivity index (χ1n) is 5.84. The first kappa shape index (κ1) is 18.3. The zero-order valence-corrected chi connectivity index (χ0v) is 11.8. The Bertz CT molecular complexity index is 460. The minimum Gasteiger partial charge on any atom is -0.480 e. The lowest BCUT2D eigenvalue weighted by molar-refractivity contribution is -0.142. The Morgan fingerprint density at radius 3 is 2.35 bits per heavy atom. The molecule has 0 aromatic carbocycles. The number of hydrogen-bond acceptors (Lipinski definition) is 6. The number of aliphatic carboxylic acids is 1. The number of carbonyl (C=O) groups excluding carboxylic acids is 2. The SMILES string of the molecule is CCOC(=O)CCS(=O)(=O)N[C@@H](CCC(N)=O)C(=O)O. The molecule has 0 fully saturated rings. The molecule has 0 radical (unpaired) electrons. The topological polar surface area (TPSA) is 153 Å². The molecular formula is C10H18N2O7S. The summed E-state index contributed by atoms with van der Waals surface area (Å²) in [6, 6.07) is -1.46. The van der Waals surface area contributed by atoms with Gasteiger partial charge in [-0.2, -0.15) is 0 Å². The van der Waals surface area contributed by atoms with Crippen molar-refractivity contribution in [3.05, 3.63) is 0 Å². The molecule has 1 atom stereocenters. The fourth-order valence-corrected chi connectivity index (χ4v) is 2.45. The van der Waals surface area contributed by atoms with Gasteiger partial charge >= 0.3 is 11.9 Å². The van der Waals surface area contributed by atoms with Crippen LogP contribution in [0.1, 0.15) is 26.2 Å². The second-order valence-corrected chi connectivity index (χ2v) is 5.76. The lowest BCUT2D eigenvalue weighted by atomic mass is 10.2. The molecule has 0 aliphatic rings. The van der Waals surface area contributed by atoms with Gasteiger partial charge in [-0.15, -0.1) is 0 Å². The largest absolute Gasteiger partial charge is 0.480 e. The molecule has 0 bridgehead atoms. The van der Waals surface area contributed by atoms with Gasteiger partial charge in [0.05, 0.1) is 18.8 Å². The number of primary amides is 1. The molecule has 0 aliphatic heterocycles. The van der Waals surface area contributed by atoms with Gasteiger partial charge in [0.1, 0.15) is 6.04 Å². The van der Waals surface area contributed by atoms with Crippen LogP contribution in [0.3, 0.4) is 0 Å². The maximum absolute atomic E-state index is 11.6. The van der Waals surface area contributed by atoms with Crippen LogP contribution >= 0.6 is 0 Å². The van der Waals surface area contributed by atoms with Crippen molar-refractivity contribution in [3.8, 4) is 0 Å². The number of sulfonamides is 1. The van der Waals surface area contributed by atoms with E-state index in [9.17, 15) is 22.8 Å². The maximum Gasteiger partial charge on any atom is 0.321 e. The molecule has 0 aliphatic carbocycles. The van der Waals surface area contributed by atoms with Crippen LogP contribution in [-0.4, -0.2) is 49.8 Å². The van der Waals surface area contributed by atoms with Crippen LogP contribution in [0.2, 0.25) is 0 Å². The number of carboxylic acid groups (broad SMARTS) is 1. The van der Waals surface area contributed by atoms with Crippen molar-refractivity contribution in [1.29, 1.82) is 0 Å². The highest BCUT2D eigenvalue weighted by Gasteiger charge is 2.25. The van der Waals surface area contributed by atoms with E-state index in [1.54, 1.807) is 6.92 Å². The summed E-state index contributed by atoms with van der Waals surface area (Å²) in [5.41, 5.74) is 4.87. The molecule has 9 nitrogen and oxygen atoms in total. The third-order valence-corrected chi connectivity index (χ3v) is 3.56. The molecule has 0 rings (SSSR count). The Balaban J connectivity index is 4.48. The lowest BCUT2D eigenvalue weighted by Crippen LogP contribution is -2.42. The number of carboxylic acids is 1. The van der Waals surface area contributed by atoms with Gasteiger partial charge in [0.25, 0.3) is 0 Å². The molecule has 4 N–H and O–H groups in total. The molecule has 20 heavy (non-hydrogen) atoms. The third-order valence-electron chi connectivity index (χ3n) is 2.18. The average molecular weight is 310 g/mol. The minimum atomic E-state index is -3.97. The summed E-state index contributed by atoms with van der Waals surface area (Å²) in [5.74, 6) is -3.44. The fourth-order valence-electron chi connectivity index (χ4n) is 1.25. The smallest absolute Gasteiger partial charge is 0.321 e. The number of carbonyl (C=O) groups is 3. The van der Waals surface area contributed by atoms with Gasteiger partial charge < -0.3 is 15.6 Å². The van der Waals surface area contributed by atoms with Crippen LogP contribution < -0.4 is 10.5 Å². The van der Waals surface area contributed by atoms with Crippen molar-refractivity contribution >= 4 is 27.9 Å². The molecule has 116 valence electrons. The van der Waals surface area contributed by atoms with E-state index in [-0.39, 0.29) is 25.9 Å². The highest BCUT2D eigenvalue weighted by molar-refractivity contribution is 7.89. The second-order valence-electron chi connectivity index (χ2n) is 3.89. The molecule has 1 amide bonds. The van der Waals surface area contributed by atoms with Gasteiger partial charge in [-0.25, -0.2) is 13.1 Å². The Labute approximate surface area is 116 Å². The highest BCUT2D eigenvalue weighted by Crippen LogP contribution is 2.02. The molecule has 0 saturated heterocycles. The predicted molar refractivity (Wildman–Crippen MR) is 68.0 cm³/mol. The Hall–Kier alpha value is -1.68. The summed E-state index contributed by atoms with van der Waals surface area (Å²) in [7, 11) is -3.97. The van der Waals surface area contributed by atoms with Crippen molar-refractivity contribution in [2.45, 2.75) is 32.2 Å². The van der Waals surface area contributed by atoms with Gasteiger partial charge in [-0.3, -0.25) is 14.4 Å². The van der Waals surface area contributed by atoms with Gasteiger partial charge in [-0.1, -0.05) is 0 Å². The van der Waals surface area contributed by atoms with Gasteiger partial charge in [0, 0.05) is 6.42 Å². The molecular weight excluding hydrogens is 292 g/mol. The maximum atomic E-state index is 11.6. The van der Waals surface area contributed by atoms with Crippen LogP contribution in [0.5, 0.6) is 0 Å². The standard InChI is InChI=1S/C10H18N2O7S/c1-2-19-9(14)5-6-20(17,18)12-7(10(15)16)3-4-8(11)13/h7,12H,2-6H2,1H3,(H2,11,13)(H,15,16)/t7-/m0/s1. The van der Waals surface area contributed by atoms with Crippen LogP contribution in [0.15, 0.2) is 0 Å². The normalized spacial score (nSPS) is 12.7. The van der Waals surface area contributed by atoms with Crippen molar-refractivity contribution in [2.75, 3.05) is 12.4 Å². The summed E-state index contributed by atoms with van der Waals surface area (Å²) in [6.07, 6.45) is -0.911. The number of rotatable bonds is 10.